The molecule has 0 bridgehead atoms. The number of sulfone groups is 1. The van der Waals surface area contributed by atoms with E-state index in [1.165, 1.54) is 17.4 Å². The number of rotatable bonds is 6. The predicted octanol–water partition coefficient (Wildman–Crippen LogP) is 3.48. The molecule has 7 nitrogen and oxygen atoms in total. The minimum absolute atomic E-state index is 0.138. The molecule has 192 valence electrons. The molecular weight excluding hydrogens is 543 g/mol. The lowest BCUT2D eigenvalue weighted by Gasteiger charge is -2.36. The van der Waals surface area contributed by atoms with Crippen LogP contribution in [0.5, 0.6) is 0 Å². The number of carbonyl (C=O) groups excluding carboxylic acids is 1. The maximum atomic E-state index is 14.9. The van der Waals surface area contributed by atoms with Crippen LogP contribution in [-0.4, -0.2) is 58.5 Å². The van der Waals surface area contributed by atoms with Crippen LogP contribution in [0.4, 0.5) is 22.0 Å². The zero-order valence-electron chi connectivity index (χ0n) is 17.6. The van der Waals surface area contributed by atoms with E-state index in [4.69, 9.17) is 11.6 Å². The van der Waals surface area contributed by atoms with Gasteiger partial charge in [-0.3, -0.25) is 4.79 Å². The van der Waals surface area contributed by atoms with Crippen LogP contribution in [0.25, 0.3) is 0 Å². The summed E-state index contributed by atoms with van der Waals surface area (Å²) in [5.41, 5.74) is -2.31. The van der Waals surface area contributed by atoms with E-state index in [-0.39, 0.29) is 5.02 Å². The molecule has 1 aliphatic rings. The Bertz CT molecular complexity index is 1340. The number of halogens is 6. The topological polar surface area (TPSA) is 101 Å². The smallest absolute Gasteiger partial charge is 0.345 e. The zero-order valence-corrected chi connectivity index (χ0v) is 20.0. The summed E-state index contributed by atoms with van der Waals surface area (Å²) in [4.78, 5) is 8.67. The molecule has 0 spiro atoms. The lowest BCUT2D eigenvalue weighted by atomic mass is 9.94. The molecule has 1 amide bonds. The van der Waals surface area contributed by atoms with Crippen molar-refractivity contribution in [1.29, 1.82) is 0 Å². The summed E-state index contributed by atoms with van der Waals surface area (Å²) in [5.74, 6) is -3.44. The van der Waals surface area contributed by atoms with Crippen molar-refractivity contribution in [1.82, 2.24) is 9.62 Å². The van der Waals surface area contributed by atoms with Gasteiger partial charge in [0.25, 0.3) is 0 Å². The Labute approximate surface area is 202 Å². The minimum Gasteiger partial charge on any atom is -0.345 e. The summed E-state index contributed by atoms with van der Waals surface area (Å²) in [5, 5.41) is 1.30. The van der Waals surface area contributed by atoms with Gasteiger partial charge in [0.2, 0.25) is 19.9 Å². The number of benzene rings is 2. The van der Waals surface area contributed by atoms with Crippen LogP contribution >= 0.6 is 11.6 Å². The van der Waals surface area contributed by atoms with E-state index in [1.807, 2.05) is 0 Å². The van der Waals surface area contributed by atoms with Gasteiger partial charge in [0, 0.05) is 18.1 Å². The Morgan fingerprint density at radius 2 is 1.60 bits per heavy atom. The first-order valence-electron chi connectivity index (χ1n) is 9.91. The van der Waals surface area contributed by atoms with E-state index >= 15 is 0 Å². The number of sulfonamides is 1. The third-order valence-corrected chi connectivity index (χ3v) is 9.53. The Hall–Kier alpha value is -2.29. The molecule has 0 aromatic heterocycles. The first kappa shape index (κ1) is 27.3. The van der Waals surface area contributed by atoms with E-state index in [1.54, 1.807) is 0 Å². The number of carbonyl (C=O) groups is 1. The standard InChI is InChI=1S/C20H18ClF5N2O5S2/c21-13-5-6-16(17(11-13)34(30,31)15-4-2-1-3-14(15)22)35(32,33)28-9-7-19(23,8-10-28)12-27-18(29)20(24,25)26/h1-6,11H,7-10,12H2,(H,27,29). The average Bonchev–Trinajstić information content (AvgIpc) is 2.77. The van der Waals surface area contributed by atoms with Gasteiger partial charge in [-0.2, -0.15) is 17.5 Å². The molecule has 0 atom stereocenters. The van der Waals surface area contributed by atoms with E-state index in [9.17, 15) is 43.6 Å². The Balaban J connectivity index is 1.88. The molecule has 0 unspecified atom stereocenters. The van der Waals surface area contributed by atoms with E-state index in [0.717, 1.165) is 34.6 Å². The van der Waals surface area contributed by atoms with Crippen molar-refractivity contribution in [2.24, 2.45) is 0 Å². The van der Waals surface area contributed by atoms with Gasteiger partial charge in [-0.05, 0) is 43.2 Å². The number of hydrogen-bond donors (Lipinski definition) is 1. The predicted molar refractivity (Wildman–Crippen MR) is 114 cm³/mol. The largest absolute Gasteiger partial charge is 0.471 e. The molecule has 1 heterocycles. The van der Waals surface area contributed by atoms with Crippen LogP contribution in [-0.2, 0) is 24.7 Å². The van der Waals surface area contributed by atoms with Gasteiger partial charge in [-0.1, -0.05) is 23.7 Å². The molecule has 3 rings (SSSR count). The molecule has 1 fully saturated rings. The van der Waals surface area contributed by atoms with Crippen LogP contribution in [0.2, 0.25) is 5.02 Å². The highest BCUT2D eigenvalue weighted by Gasteiger charge is 2.44. The molecule has 15 heteroatoms. The molecule has 0 radical (unpaired) electrons. The summed E-state index contributed by atoms with van der Waals surface area (Å²) in [6.07, 6.45) is -6.32. The summed E-state index contributed by atoms with van der Waals surface area (Å²) in [6, 6.07) is 7.23. The van der Waals surface area contributed by atoms with Gasteiger partial charge in [0.1, 0.15) is 21.3 Å². The summed E-state index contributed by atoms with van der Waals surface area (Å²) in [7, 11) is -9.27. The first-order valence-corrected chi connectivity index (χ1v) is 13.2. The third-order valence-electron chi connectivity index (χ3n) is 5.38. The maximum absolute atomic E-state index is 14.9. The van der Waals surface area contributed by atoms with Crippen LogP contribution in [0, 0.1) is 5.82 Å². The lowest BCUT2D eigenvalue weighted by molar-refractivity contribution is -0.174. The van der Waals surface area contributed by atoms with Crippen molar-refractivity contribution in [2.45, 2.75) is 39.4 Å². The summed E-state index contributed by atoms with van der Waals surface area (Å²) in [6.45, 7) is -2.00. The van der Waals surface area contributed by atoms with Gasteiger partial charge in [0.15, 0.2) is 0 Å². The van der Waals surface area contributed by atoms with Gasteiger partial charge in [-0.25, -0.2) is 25.6 Å². The molecule has 1 aliphatic heterocycles. The highest BCUT2D eigenvalue weighted by atomic mass is 35.5. The maximum Gasteiger partial charge on any atom is 0.471 e. The molecule has 0 saturated carbocycles. The van der Waals surface area contributed by atoms with Crippen LogP contribution in [0.15, 0.2) is 57.2 Å². The van der Waals surface area contributed by atoms with E-state index in [2.05, 4.69) is 0 Å². The number of alkyl halides is 4. The molecule has 1 N–H and O–H groups in total. The van der Waals surface area contributed by atoms with Gasteiger partial charge in [-0.15, -0.1) is 0 Å². The highest BCUT2D eigenvalue weighted by molar-refractivity contribution is 7.93. The molecule has 0 aliphatic carbocycles. The molecule has 2 aromatic carbocycles. The highest BCUT2D eigenvalue weighted by Crippen LogP contribution is 2.35. The third kappa shape index (κ3) is 5.76. The SMILES string of the molecule is O=C(NCC1(F)CCN(S(=O)(=O)c2ccc(Cl)cc2S(=O)(=O)c2ccccc2F)CC1)C(F)(F)F. The fourth-order valence-electron chi connectivity index (χ4n) is 3.47. The Morgan fingerprint density at radius 1 is 1.00 bits per heavy atom. The van der Waals surface area contributed by atoms with Gasteiger partial charge >= 0.3 is 12.1 Å². The van der Waals surface area contributed by atoms with Crippen LogP contribution < -0.4 is 5.32 Å². The number of hydrogen-bond acceptors (Lipinski definition) is 5. The quantitative estimate of drug-likeness (QED) is 0.545. The Morgan fingerprint density at radius 3 is 2.17 bits per heavy atom. The number of nitrogens with one attached hydrogen (secondary N) is 1. The number of nitrogens with zero attached hydrogens (tertiary/aromatic N) is 1. The van der Waals surface area contributed by atoms with Crippen molar-refractivity contribution in [3.63, 3.8) is 0 Å². The van der Waals surface area contributed by atoms with Crippen LogP contribution in [0.1, 0.15) is 12.8 Å². The molecular formula is C20H18ClF5N2O5S2. The number of amides is 1. The normalized spacial score (nSPS) is 17.2. The van der Waals surface area contributed by atoms with Crippen molar-refractivity contribution in [2.75, 3.05) is 19.6 Å². The van der Waals surface area contributed by atoms with E-state index in [0.29, 0.717) is 0 Å². The summed E-state index contributed by atoms with van der Waals surface area (Å²) < 4.78 is 120. The van der Waals surface area contributed by atoms with Crippen molar-refractivity contribution in [3.05, 3.63) is 53.3 Å². The van der Waals surface area contributed by atoms with Gasteiger partial charge < -0.3 is 5.32 Å². The fraction of sp³-hybridized carbons (Fsp3) is 0.350. The second-order valence-electron chi connectivity index (χ2n) is 7.76. The second-order valence-corrected chi connectivity index (χ2v) is 12.0. The Kier molecular flexibility index (Phi) is 7.52. The molecule has 35 heavy (non-hydrogen) atoms. The van der Waals surface area contributed by atoms with Crippen molar-refractivity contribution < 1.29 is 43.6 Å². The zero-order chi connectivity index (χ0) is 26.2. The molecule has 1 saturated heterocycles. The summed E-state index contributed by atoms with van der Waals surface area (Å²) >= 11 is 5.88. The minimum atomic E-state index is -5.20. The monoisotopic (exact) mass is 560 g/mol. The van der Waals surface area contributed by atoms with Crippen molar-refractivity contribution >= 4 is 37.4 Å². The second kappa shape index (κ2) is 9.64. The lowest BCUT2D eigenvalue weighted by Crippen LogP contribution is -2.51. The van der Waals surface area contributed by atoms with E-state index < -0.39 is 90.6 Å². The first-order chi connectivity index (χ1) is 16.1. The average molecular weight is 561 g/mol. The van der Waals surface area contributed by atoms with Gasteiger partial charge in [0.05, 0.1) is 11.4 Å². The molecule has 2 aromatic rings. The fourth-order valence-corrected chi connectivity index (χ4v) is 7.28. The van der Waals surface area contributed by atoms with Crippen molar-refractivity contribution in [3.8, 4) is 0 Å². The number of piperidine rings is 1. The van der Waals surface area contributed by atoms with Crippen LogP contribution in [0.3, 0.4) is 0 Å².